The van der Waals surface area contributed by atoms with Gasteiger partial charge in [0.15, 0.2) is 0 Å². The van der Waals surface area contributed by atoms with Crippen molar-refractivity contribution in [3.63, 3.8) is 0 Å². The minimum absolute atomic E-state index is 0.104. The Kier molecular flexibility index (Phi) is 5.90. The third-order valence-electron chi connectivity index (χ3n) is 4.44. The number of thioether (sulfide) groups is 1. The van der Waals surface area contributed by atoms with E-state index in [1.54, 1.807) is 13.1 Å². The fraction of sp³-hybridized carbons (Fsp3) is 0.130. The molecule has 0 aliphatic rings. The van der Waals surface area contributed by atoms with Crippen LogP contribution in [0.1, 0.15) is 12.6 Å². The average Bonchev–Trinajstić information content (AvgIpc) is 3.10. The van der Waals surface area contributed by atoms with Crippen molar-refractivity contribution < 1.29 is 4.79 Å². The van der Waals surface area contributed by atoms with E-state index < -0.39 is 0 Å². The maximum absolute atomic E-state index is 11.6. The first-order chi connectivity index (χ1) is 14.6. The van der Waals surface area contributed by atoms with E-state index >= 15 is 0 Å². The summed E-state index contributed by atoms with van der Waals surface area (Å²) in [5, 5.41) is 8.79. The number of aromatic nitrogens is 4. The van der Waals surface area contributed by atoms with Gasteiger partial charge in [-0.25, -0.2) is 14.6 Å². The zero-order valence-corrected chi connectivity index (χ0v) is 17.6. The van der Waals surface area contributed by atoms with Gasteiger partial charge in [0.25, 0.3) is 0 Å². The fourth-order valence-corrected chi connectivity index (χ4v) is 3.95. The van der Waals surface area contributed by atoms with Crippen molar-refractivity contribution >= 4 is 29.2 Å². The Labute approximate surface area is 179 Å². The van der Waals surface area contributed by atoms with E-state index in [0.717, 1.165) is 33.4 Å². The first-order valence-electron chi connectivity index (χ1n) is 9.54. The fourth-order valence-electron chi connectivity index (χ4n) is 3.07. The molecule has 0 aliphatic carbocycles. The lowest BCUT2D eigenvalue weighted by Crippen LogP contribution is -2.00. The molecule has 0 aliphatic heterocycles. The van der Waals surface area contributed by atoms with Crippen LogP contribution < -0.4 is 5.32 Å². The summed E-state index contributed by atoms with van der Waals surface area (Å²) in [6.45, 7) is 3.60. The van der Waals surface area contributed by atoms with E-state index in [-0.39, 0.29) is 5.78 Å². The van der Waals surface area contributed by atoms with Gasteiger partial charge in [-0.3, -0.25) is 4.79 Å². The van der Waals surface area contributed by atoms with Crippen LogP contribution in [-0.2, 0) is 4.79 Å². The first-order valence-corrected chi connectivity index (χ1v) is 10.5. The molecule has 0 atom stereocenters. The highest BCUT2D eigenvalue weighted by atomic mass is 32.2. The summed E-state index contributed by atoms with van der Waals surface area (Å²) in [6.07, 6.45) is 1.73. The Morgan fingerprint density at radius 2 is 1.73 bits per heavy atom. The van der Waals surface area contributed by atoms with Crippen LogP contribution in [0.4, 0.5) is 11.6 Å². The second-order valence-electron chi connectivity index (χ2n) is 6.76. The van der Waals surface area contributed by atoms with Gasteiger partial charge in [0.05, 0.1) is 28.4 Å². The summed E-state index contributed by atoms with van der Waals surface area (Å²) in [4.78, 5) is 20.7. The van der Waals surface area contributed by atoms with Gasteiger partial charge in [-0.05, 0) is 44.2 Å². The van der Waals surface area contributed by atoms with Crippen LogP contribution >= 0.6 is 11.8 Å². The molecular formula is C23H21N5OS. The van der Waals surface area contributed by atoms with E-state index in [0.29, 0.717) is 11.7 Å². The van der Waals surface area contributed by atoms with Crippen LogP contribution in [-0.4, -0.2) is 31.3 Å². The molecule has 0 saturated heterocycles. The monoisotopic (exact) mass is 415 g/mol. The first kappa shape index (κ1) is 19.8. The molecular weight excluding hydrogens is 394 g/mol. The molecule has 0 amide bonds. The van der Waals surface area contributed by atoms with Crippen molar-refractivity contribution in [2.75, 3.05) is 11.1 Å². The number of rotatable bonds is 7. The van der Waals surface area contributed by atoms with Gasteiger partial charge in [-0.2, -0.15) is 5.10 Å². The average molecular weight is 416 g/mol. The Bertz CT molecular complexity index is 1160. The summed E-state index contributed by atoms with van der Waals surface area (Å²) in [7, 11) is 0. The molecule has 2 aromatic carbocycles. The molecule has 0 radical (unpaired) electrons. The summed E-state index contributed by atoms with van der Waals surface area (Å²) < 4.78 is 1.89. The van der Waals surface area contributed by atoms with Crippen LogP contribution in [0.3, 0.4) is 0 Å². The zero-order valence-electron chi connectivity index (χ0n) is 16.7. The van der Waals surface area contributed by atoms with Crippen molar-refractivity contribution in [1.29, 1.82) is 0 Å². The summed E-state index contributed by atoms with van der Waals surface area (Å²) in [5.41, 5.74) is 4.49. The Morgan fingerprint density at radius 1 is 1.03 bits per heavy atom. The number of para-hydroxylation sites is 2. The molecule has 0 spiro atoms. The van der Waals surface area contributed by atoms with Gasteiger partial charge in [0.2, 0.25) is 5.95 Å². The quantitative estimate of drug-likeness (QED) is 0.425. The van der Waals surface area contributed by atoms with E-state index in [1.165, 1.54) is 11.8 Å². The second-order valence-corrected chi connectivity index (χ2v) is 7.72. The number of Topliss-reactive ketones (excluding diaryl/α,β-unsaturated/α-hetero) is 1. The van der Waals surface area contributed by atoms with Crippen LogP contribution in [0.15, 0.2) is 78.0 Å². The number of nitrogens with zero attached hydrogens (tertiary/aromatic N) is 4. The predicted molar refractivity (Wildman–Crippen MR) is 120 cm³/mol. The maximum atomic E-state index is 11.6. The van der Waals surface area contributed by atoms with Gasteiger partial charge in [-0.1, -0.05) is 48.2 Å². The molecule has 0 unspecified atom stereocenters. The van der Waals surface area contributed by atoms with Crippen LogP contribution in [0.25, 0.3) is 16.9 Å². The smallest absolute Gasteiger partial charge is 0.227 e. The lowest BCUT2D eigenvalue weighted by Gasteiger charge is -2.08. The molecule has 6 nitrogen and oxygen atoms in total. The third-order valence-corrected chi connectivity index (χ3v) is 5.55. The highest BCUT2D eigenvalue weighted by Gasteiger charge is 2.20. The number of hydrogen-bond donors (Lipinski definition) is 1. The van der Waals surface area contributed by atoms with E-state index in [1.807, 2.05) is 78.3 Å². The maximum Gasteiger partial charge on any atom is 0.227 e. The number of carbonyl (C=O) groups excluding carboxylic acids is 1. The topological polar surface area (TPSA) is 72.7 Å². The number of nitrogens with one attached hydrogen (secondary N) is 1. The standard InChI is InChI=1S/C23H21N5OS/c1-16(29)15-30-22-21(17(2)28(27-22)19-11-7-4-8-12-19)20-13-14-24-23(26-20)25-18-9-5-3-6-10-18/h3-14H,15H2,1-2H3,(H,24,25,26). The zero-order chi connectivity index (χ0) is 20.9. The summed E-state index contributed by atoms with van der Waals surface area (Å²) in [5.74, 6) is 0.971. The highest BCUT2D eigenvalue weighted by Crippen LogP contribution is 2.34. The Balaban J connectivity index is 1.76. The molecule has 4 aromatic rings. The van der Waals surface area contributed by atoms with Gasteiger partial charge >= 0.3 is 0 Å². The van der Waals surface area contributed by atoms with E-state index in [9.17, 15) is 4.79 Å². The molecule has 0 bridgehead atoms. The molecule has 1 N–H and O–H groups in total. The van der Waals surface area contributed by atoms with Crippen molar-refractivity contribution in [2.45, 2.75) is 18.9 Å². The second kappa shape index (κ2) is 8.92. The predicted octanol–water partition coefficient (Wildman–Crippen LogP) is 5.06. The summed E-state index contributed by atoms with van der Waals surface area (Å²) in [6, 6.07) is 21.6. The number of benzene rings is 2. The van der Waals surface area contributed by atoms with Gasteiger partial charge in [-0.15, -0.1) is 0 Å². The van der Waals surface area contributed by atoms with Crippen LogP contribution in [0.5, 0.6) is 0 Å². The van der Waals surface area contributed by atoms with Gasteiger partial charge in [0.1, 0.15) is 10.8 Å². The molecule has 4 rings (SSSR count). The van der Waals surface area contributed by atoms with Crippen LogP contribution in [0, 0.1) is 6.92 Å². The Hall–Kier alpha value is -3.45. The number of carbonyl (C=O) groups is 1. The largest absolute Gasteiger partial charge is 0.324 e. The minimum Gasteiger partial charge on any atom is -0.324 e. The lowest BCUT2D eigenvalue weighted by atomic mass is 10.2. The number of hydrogen-bond acceptors (Lipinski definition) is 6. The SMILES string of the molecule is CC(=O)CSc1nn(-c2ccccc2)c(C)c1-c1ccnc(Nc2ccccc2)n1. The van der Waals surface area contributed by atoms with Crippen molar-refractivity contribution in [3.05, 3.63) is 78.6 Å². The van der Waals surface area contributed by atoms with E-state index in [2.05, 4.69) is 10.3 Å². The number of anilines is 2. The molecule has 150 valence electrons. The highest BCUT2D eigenvalue weighted by molar-refractivity contribution is 8.00. The van der Waals surface area contributed by atoms with Gasteiger partial charge < -0.3 is 5.32 Å². The molecule has 2 aromatic heterocycles. The summed E-state index contributed by atoms with van der Waals surface area (Å²) >= 11 is 1.43. The molecule has 0 fully saturated rings. The molecule has 0 saturated carbocycles. The van der Waals surface area contributed by atoms with Crippen LogP contribution in [0.2, 0.25) is 0 Å². The van der Waals surface area contributed by atoms with Crippen molar-refractivity contribution in [3.8, 4) is 16.9 Å². The van der Waals surface area contributed by atoms with Gasteiger partial charge in [0, 0.05) is 11.9 Å². The molecule has 7 heteroatoms. The minimum atomic E-state index is 0.104. The van der Waals surface area contributed by atoms with E-state index in [4.69, 9.17) is 10.1 Å². The van der Waals surface area contributed by atoms with Crippen molar-refractivity contribution in [2.24, 2.45) is 0 Å². The lowest BCUT2D eigenvalue weighted by molar-refractivity contribution is -0.114. The number of ketones is 1. The molecule has 2 heterocycles. The Morgan fingerprint density at radius 3 is 2.43 bits per heavy atom. The normalized spacial score (nSPS) is 10.7. The third kappa shape index (κ3) is 4.41. The molecule has 30 heavy (non-hydrogen) atoms. The van der Waals surface area contributed by atoms with Crippen molar-refractivity contribution in [1.82, 2.24) is 19.7 Å².